The maximum Gasteiger partial charge on any atom is 0.224 e. The average Bonchev–Trinajstić information content (AvgIpc) is 2.82. The number of aromatic nitrogens is 2. The highest BCUT2D eigenvalue weighted by Gasteiger charge is 2.33. The molecule has 1 aliphatic heterocycles. The first kappa shape index (κ1) is 12.1. The van der Waals surface area contributed by atoms with Crippen molar-refractivity contribution in [3.8, 4) is 0 Å². The number of nitrogens with one attached hydrogen (secondary N) is 1. The lowest BCUT2D eigenvalue weighted by atomic mass is 10.3. The van der Waals surface area contributed by atoms with E-state index in [1.165, 1.54) is 0 Å². The minimum absolute atomic E-state index is 0.0907. The Bertz CT molecular complexity index is 362. The fraction of sp³-hybridized carbons (Fsp3) is 0.636. The lowest BCUT2D eigenvalue weighted by Crippen LogP contribution is -2.27. The molecular formula is C11H18N4O2. The standard InChI is InChI=1S/C11H18N4O2/c1-12-11-13-5-4-10(14-11)15-6-8(16-2)9(7-15)17-3/h4-5,8-9H,6-7H2,1-3H3,(H,12,13,14). The highest BCUT2D eigenvalue weighted by atomic mass is 16.5. The molecule has 0 bridgehead atoms. The summed E-state index contributed by atoms with van der Waals surface area (Å²) in [5, 5.41) is 2.93. The Labute approximate surface area is 101 Å². The van der Waals surface area contributed by atoms with Crippen LogP contribution >= 0.6 is 0 Å². The van der Waals surface area contributed by atoms with Crippen LogP contribution in [0.15, 0.2) is 12.3 Å². The molecule has 1 aliphatic rings. The van der Waals surface area contributed by atoms with E-state index in [1.54, 1.807) is 27.5 Å². The summed E-state index contributed by atoms with van der Waals surface area (Å²) in [4.78, 5) is 10.6. The van der Waals surface area contributed by atoms with Gasteiger partial charge >= 0.3 is 0 Å². The number of rotatable bonds is 4. The lowest BCUT2D eigenvalue weighted by Gasteiger charge is -2.16. The zero-order valence-corrected chi connectivity index (χ0v) is 10.4. The molecule has 6 heteroatoms. The van der Waals surface area contributed by atoms with Crippen molar-refractivity contribution in [3.63, 3.8) is 0 Å². The number of nitrogens with zero attached hydrogens (tertiary/aromatic N) is 3. The minimum atomic E-state index is 0.0907. The Morgan fingerprint density at radius 3 is 2.47 bits per heavy atom. The van der Waals surface area contributed by atoms with Gasteiger partial charge in [0.1, 0.15) is 18.0 Å². The average molecular weight is 238 g/mol. The molecule has 17 heavy (non-hydrogen) atoms. The smallest absolute Gasteiger partial charge is 0.224 e. The van der Waals surface area contributed by atoms with Gasteiger partial charge < -0.3 is 19.7 Å². The van der Waals surface area contributed by atoms with E-state index in [0.717, 1.165) is 18.9 Å². The van der Waals surface area contributed by atoms with E-state index in [0.29, 0.717) is 5.95 Å². The summed E-state index contributed by atoms with van der Waals surface area (Å²) in [6, 6.07) is 1.89. The first-order valence-corrected chi connectivity index (χ1v) is 5.59. The van der Waals surface area contributed by atoms with Crippen LogP contribution < -0.4 is 10.2 Å². The molecule has 0 saturated carbocycles. The van der Waals surface area contributed by atoms with E-state index in [-0.39, 0.29) is 12.2 Å². The highest BCUT2D eigenvalue weighted by Crippen LogP contribution is 2.21. The van der Waals surface area contributed by atoms with Crippen LogP contribution in [0, 0.1) is 0 Å². The van der Waals surface area contributed by atoms with Crippen molar-refractivity contribution in [2.45, 2.75) is 12.2 Å². The maximum absolute atomic E-state index is 5.40. The van der Waals surface area contributed by atoms with E-state index in [1.807, 2.05) is 6.07 Å². The predicted octanol–water partition coefficient (Wildman–Crippen LogP) is 0.368. The predicted molar refractivity (Wildman–Crippen MR) is 65.4 cm³/mol. The van der Waals surface area contributed by atoms with Gasteiger partial charge in [0, 0.05) is 40.6 Å². The molecule has 1 aromatic rings. The minimum Gasteiger partial charge on any atom is -0.377 e. The molecule has 1 aromatic heterocycles. The molecule has 6 nitrogen and oxygen atoms in total. The molecule has 0 aromatic carbocycles. The maximum atomic E-state index is 5.40. The zero-order valence-electron chi connectivity index (χ0n) is 10.4. The van der Waals surface area contributed by atoms with E-state index in [9.17, 15) is 0 Å². The third kappa shape index (κ3) is 2.48. The summed E-state index contributed by atoms with van der Waals surface area (Å²) in [7, 11) is 5.22. The van der Waals surface area contributed by atoms with Crippen LogP contribution in [0.3, 0.4) is 0 Å². The fourth-order valence-electron chi connectivity index (χ4n) is 2.03. The van der Waals surface area contributed by atoms with Crippen LogP contribution in [-0.4, -0.2) is 56.5 Å². The zero-order chi connectivity index (χ0) is 12.3. The van der Waals surface area contributed by atoms with Gasteiger partial charge in [0.15, 0.2) is 0 Å². The van der Waals surface area contributed by atoms with Crippen molar-refractivity contribution in [1.82, 2.24) is 9.97 Å². The number of hydrogen-bond donors (Lipinski definition) is 1. The van der Waals surface area contributed by atoms with Crippen molar-refractivity contribution < 1.29 is 9.47 Å². The van der Waals surface area contributed by atoms with E-state index < -0.39 is 0 Å². The van der Waals surface area contributed by atoms with Crippen LogP contribution in [0.25, 0.3) is 0 Å². The third-order valence-electron chi connectivity index (χ3n) is 3.01. The molecule has 0 aliphatic carbocycles. The van der Waals surface area contributed by atoms with E-state index in [2.05, 4.69) is 20.2 Å². The summed E-state index contributed by atoms with van der Waals surface area (Å²) < 4.78 is 10.8. The third-order valence-corrected chi connectivity index (χ3v) is 3.01. The van der Waals surface area contributed by atoms with Gasteiger partial charge in [-0.1, -0.05) is 0 Å². The topological polar surface area (TPSA) is 59.5 Å². The normalized spacial score (nSPS) is 24.1. The van der Waals surface area contributed by atoms with Gasteiger partial charge in [-0.05, 0) is 6.07 Å². The van der Waals surface area contributed by atoms with Crippen LogP contribution in [0.5, 0.6) is 0 Å². The monoisotopic (exact) mass is 238 g/mol. The second-order valence-electron chi connectivity index (χ2n) is 3.94. The number of anilines is 2. The summed E-state index contributed by atoms with van der Waals surface area (Å²) in [6.45, 7) is 1.57. The van der Waals surface area contributed by atoms with Gasteiger partial charge in [-0.25, -0.2) is 4.98 Å². The van der Waals surface area contributed by atoms with Gasteiger partial charge in [0.25, 0.3) is 0 Å². The summed E-state index contributed by atoms with van der Waals surface area (Å²) in [5.41, 5.74) is 0. The Hall–Kier alpha value is -1.40. The Kier molecular flexibility index (Phi) is 3.75. The quantitative estimate of drug-likeness (QED) is 0.817. The van der Waals surface area contributed by atoms with Crippen molar-refractivity contribution in [3.05, 3.63) is 12.3 Å². The van der Waals surface area contributed by atoms with Gasteiger partial charge in [-0.15, -0.1) is 0 Å². The molecule has 1 saturated heterocycles. The Morgan fingerprint density at radius 2 is 1.94 bits per heavy atom. The number of ether oxygens (including phenoxy) is 2. The Balaban J connectivity index is 2.13. The summed E-state index contributed by atoms with van der Waals surface area (Å²) in [5.74, 6) is 1.52. The largest absolute Gasteiger partial charge is 0.377 e. The van der Waals surface area contributed by atoms with Crippen LogP contribution in [0.2, 0.25) is 0 Å². The summed E-state index contributed by atoms with van der Waals surface area (Å²) in [6.07, 6.45) is 1.93. The lowest BCUT2D eigenvalue weighted by molar-refractivity contribution is -0.00461. The molecule has 1 fully saturated rings. The molecule has 2 rings (SSSR count). The molecule has 2 atom stereocenters. The fourth-order valence-corrected chi connectivity index (χ4v) is 2.03. The second-order valence-corrected chi connectivity index (χ2v) is 3.94. The van der Waals surface area contributed by atoms with Crippen molar-refractivity contribution >= 4 is 11.8 Å². The van der Waals surface area contributed by atoms with Gasteiger partial charge in [0.2, 0.25) is 5.95 Å². The first-order chi connectivity index (χ1) is 8.28. The van der Waals surface area contributed by atoms with Crippen molar-refractivity contribution in [1.29, 1.82) is 0 Å². The van der Waals surface area contributed by atoms with E-state index in [4.69, 9.17) is 9.47 Å². The van der Waals surface area contributed by atoms with E-state index >= 15 is 0 Å². The van der Waals surface area contributed by atoms with Gasteiger partial charge in [-0.2, -0.15) is 4.98 Å². The van der Waals surface area contributed by atoms with Crippen LogP contribution in [0.4, 0.5) is 11.8 Å². The molecule has 0 radical (unpaired) electrons. The second kappa shape index (κ2) is 5.29. The van der Waals surface area contributed by atoms with Gasteiger partial charge in [0.05, 0.1) is 0 Å². The molecule has 0 amide bonds. The highest BCUT2D eigenvalue weighted by molar-refractivity contribution is 5.44. The van der Waals surface area contributed by atoms with Crippen molar-refractivity contribution in [2.75, 3.05) is 44.6 Å². The number of hydrogen-bond acceptors (Lipinski definition) is 6. The molecular weight excluding hydrogens is 220 g/mol. The van der Waals surface area contributed by atoms with Gasteiger partial charge in [-0.3, -0.25) is 0 Å². The van der Waals surface area contributed by atoms with Crippen LogP contribution in [-0.2, 0) is 9.47 Å². The number of methoxy groups -OCH3 is 2. The Morgan fingerprint density at radius 1 is 1.29 bits per heavy atom. The van der Waals surface area contributed by atoms with Crippen molar-refractivity contribution in [2.24, 2.45) is 0 Å². The molecule has 2 heterocycles. The first-order valence-electron chi connectivity index (χ1n) is 5.59. The molecule has 94 valence electrons. The van der Waals surface area contributed by atoms with Crippen LogP contribution in [0.1, 0.15) is 0 Å². The SMILES string of the molecule is CNc1nccc(N2CC(OC)C(OC)C2)n1. The molecule has 1 N–H and O–H groups in total. The molecule has 0 spiro atoms. The molecule has 2 unspecified atom stereocenters. The summed E-state index contributed by atoms with van der Waals surface area (Å²) >= 11 is 0.